The highest BCUT2D eigenvalue weighted by atomic mass is 16.7. The van der Waals surface area contributed by atoms with Crippen LogP contribution in [0.4, 0.5) is 9.59 Å². The molecule has 1 heterocycles. The Bertz CT molecular complexity index is 1560. The highest BCUT2D eigenvalue weighted by molar-refractivity contribution is 6.03. The normalized spacial score (nSPS) is 23.1. The van der Waals surface area contributed by atoms with E-state index in [0.717, 1.165) is 56.1 Å². The predicted molar refractivity (Wildman–Crippen MR) is 239 cm³/mol. The number of unbranched alkanes of at least 4 members (excludes halogenated alkanes) is 11. The average molecular weight is 872 g/mol. The van der Waals surface area contributed by atoms with Crippen LogP contribution >= 0.6 is 0 Å². The van der Waals surface area contributed by atoms with E-state index >= 15 is 0 Å². The fourth-order valence-electron chi connectivity index (χ4n) is 9.68. The van der Waals surface area contributed by atoms with Crippen LogP contribution in [0.1, 0.15) is 134 Å². The Labute approximate surface area is 370 Å². The lowest BCUT2D eigenvalue weighted by molar-refractivity contribution is -0.256. The first-order valence-electron chi connectivity index (χ1n) is 23.5. The molecule has 350 valence electrons. The first-order valence-corrected chi connectivity index (χ1v) is 23.5. The number of carbonyl (C=O) groups is 2. The smallest absolute Gasteiger partial charge is 0.412 e. The molecule has 4 rings (SSSR count). The number of carbonyl (C=O) groups excluding carboxylic acids is 2. The molecule has 0 bridgehead atoms. The van der Waals surface area contributed by atoms with Gasteiger partial charge in [0.2, 0.25) is 5.79 Å². The van der Waals surface area contributed by atoms with Crippen molar-refractivity contribution in [2.45, 2.75) is 141 Å². The molecule has 0 saturated heterocycles. The molecule has 0 unspecified atom stereocenters. The van der Waals surface area contributed by atoms with E-state index in [1.54, 1.807) is 24.0 Å². The summed E-state index contributed by atoms with van der Waals surface area (Å²) >= 11 is 0. The minimum absolute atomic E-state index is 0.00441. The predicted octanol–water partition coefficient (Wildman–Crippen LogP) is 8.43. The molecule has 14 heteroatoms. The van der Waals surface area contributed by atoms with Crippen LogP contribution in [0, 0.1) is 17.8 Å². The van der Waals surface area contributed by atoms with Gasteiger partial charge in [0, 0.05) is 44.2 Å². The van der Waals surface area contributed by atoms with E-state index in [4.69, 9.17) is 28.5 Å². The molecule has 1 fully saturated rings. The van der Waals surface area contributed by atoms with Crippen LogP contribution in [0.15, 0.2) is 47.7 Å². The second kappa shape index (κ2) is 28.2. The maximum absolute atomic E-state index is 14.0. The zero-order valence-corrected chi connectivity index (χ0v) is 37.9. The SMILES string of the molecule is C=CCO[C@@]12Oc3ccc(OC(=O)NCCCCCCCCCCCC)cc3[C@H]3[C@H](CCCCO)[C@@H](CCCCO)C=C(C(=NOC)C[C@@H]1N(CCOCCO)C(=O)OCC)[C@H]32. The van der Waals surface area contributed by atoms with Gasteiger partial charge < -0.3 is 49.2 Å². The van der Waals surface area contributed by atoms with Crippen LogP contribution in [-0.4, -0.2) is 116 Å². The van der Waals surface area contributed by atoms with Crippen molar-refractivity contribution in [2.24, 2.45) is 22.9 Å². The molecular weight excluding hydrogens is 795 g/mol. The van der Waals surface area contributed by atoms with Crippen molar-refractivity contribution < 1.29 is 53.4 Å². The number of benzene rings is 1. The van der Waals surface area contributed by atoms with E-state index in [2.05, 4.69) is 30.1 Å². The number of nitrogens with one attached hydrogen (secondary N) is 1. The second-order valence-electron chi connectivity index (χ2n) is 16.7. The first-order chi connectivity index (χ1) is 30.3. The number of nitrogens with zero attached hydrogens (tertiary/aromatic N) is 2. The Morgan fingerprint density at radius 2 is 1.65 bits per heavy atom. The molecule has 62 heavy (non-hydrogen) atoms. The number of fused-ring (bicyclic) bond motifs is 2. The number of amides is 2. The summed E-state index contributed by atoms with van der Waals surface area (Å²) in [6.45, 7) is 9.05. The average Bonchev–Trinajstić information content (AvgIpc) is 3.27. The van der Waals surface area contributed by atoms with Crippen molar-refractivity contribution in [1.82, 2.24) is 10.2 Å². The molecule has 1 saturated carbocycles. The number of aliphatic hydroxyl groups is 3. The first kappa shape index (κ1) is 50.9. The second-order valence-corrected chi connectivity index (χ2v) is 16.7. The molecule has 14 nitrogen and oxygen atoms in total. The van der Waals surface area contributed by atoms with Crippen molar-refractivity contribution in [1.29, 1.82) is 0 Å². The van der Waals surface area contributed by atoms with Gasteiger partial charge in [-0.05, 0) is 74.6 Å². The van der Waals surface area contributed by atoms with E-state index in [9.17, 15) is 24.9 Å². The summed E-state index contributed by atoms with van der Waals surface area (Å²) in [4.78, 5) is 34.3. The molecule has 0 aromatic heterocycles. The van der Waals surface area contributed by atoms with Gasteiger partial charge in [-0.1, -0.05) is 94.9 Å². The molecule has 4 N–H and O–H groups in total. The quantitative estimate of drug-likeness (QED) is 0.0320. The number of hydrogen-bond donors (Lipinski definition) is 4. The molecule has 1 aromatic rings. The molecule has 2 aliphatic carbocycles. The molecule has 1 aromatic carbocycles. The Morgan fingerprint density at radius 3 is 2.31 bits per heavy atom. The highest BCUT2D eigenvalue weighted by Crippen LogP contribution is 2.62. The van der Waals surface area contributed by atoms with E-state index in [1.165, 1.54) is 52.1 Å². The summed E-state index contributed by atoms with van der Waals surface area (Å²) in [6, 6.07) is 4.64. The third-order valence-electron chi connectivity index (χ3n) is 12.4. The number of rotatable bonds is 31. The molecule has 0 radical (unpaired) electrons. The van der Waals surface area contributed by atoms with Crippen LogP contribution in [-0.2, 0) is 19.0 Å². The van der Waals surface area contributed by atoms with E-state index < -0.39 is 29.9 Å². The lowest BCUT2D eigenvalue weighted by Gasteiger charge is -2.59. The standard InChI is InChI=1S/C48H77N3O11/c1-5-8-9-10-11-12-13-14-15-18-25-49-46(55)61-37-23-24-42-40(34-37)44-38(22-17-20-28-53)36(21-16-19-27-52)33-39-41(50-57-4)35-43(48(62-42,45(39)44)60-30-6-2)51(47(56)59-7-3)26-31-58-32-29-54/h6,23-24,33-34,36,38,43-45,52-54H,2,5,7-22,25-32,35H2,1,3-4H3,(H,49,55)/t36-,38+,43-,44+,45+,48+/m0/s1. The third kappa shape index (κ3) is 14.2. The van der Waals surface area contributed by atoms with Gasteiger partial charge in [0.1, 0.15) is 24.7 Å². The fraction of sp³-hybridized carbons (Fsp3) is 0.729. The van der Waals surface area contributed by atoms with Crippen molar-refractivity contribution in [3.05, 3.63) is 48.1 Å². The Morgan fingerprint density at radius 1 is 0.935 bits per heavy atom. The number of allylic oxidation sites excluding steroid dienone is 1. The topological polar surface area (TPSA) is 178 Å². The van der Waals surface area contributed by atoms with Crippen LogP contribution in [0.25, 0.3) is 0 Å². The lowest BCUT2D eigenvalue weighted by atomic mass is 9.55. The summed E-state index contributed by atoms with van der Waals surface area (Å²) in [5.74, 6) is -1.36. The highest BCUT2D eigenvalue weighted by Gasteiger charge is 2.65. The molecule has 1 aliphatic heterocycles. The van der Waals surface area contributed by atoms with Crippen LogP contribution in [0.5, 0.6) is 11.5 Å². The van der Waals surface area contributed by atoms with Crippen molar-refractivity contribution in [3.8, 4) is 11.5 Å². The molecular formula is C48H77N3O11. The molecule has 0 spiro atoms. The minimum atomic E-state index is -1.48. The van der Waals surface area contributed by atoms with Crippen molar-refractivity contribution in [3.63, 3.8) is 0 Å². The van der Waals surface area contributed by atoms with Crippen LogP contribution in [0.2, 0.25) is 0 Å². The lowest BCUT2D eigenvalue weighted by Crippen LogP contribution is -2.70. The van der Waals surface area contributed by atoms with Crippen molar-refractivity contribution in [2.75, 3.05) is 66.4 Å². The Kier molecular flexibility index (Phi) is 23.2. The largest absolute Gasteiger partial charge is 0.459 e. The third-order valence-corrected chi connectivity index (χ3v) is 12.4. The van der Waals surface area contributed by atoms with Gasteiger partial charge in [-0.2, -0.15) is 0 Å². The molecule has 2 amide bonds. The van der Waals surface area contributed by atoms with Gasteiger partial charge >= 0.3 is 12.2 Å². The van der Waals surface area contributed by atoms with Gasteiger partial charge in [-0.15, -0.1) is 6.58 Å². The Balaban J connectivity index is 1.75. The fourth-order valence-corrected chi connectivity index (χ4v) is 9.68. The van der Waals surface area contributed by atoms with E-state index in [-0.39, 0.29) is 77.0 Å². The van der Waals surface area contributed by atoms with Gasteiger partial charge in [-0.25, -0.2) is 9.59 Å². The summed E-state index contributed by atoms with van der Waals surface area (Å²) < 4.78 is 31.4. The van der Waals surface area contributed by atoms with Crippen LogP contribution < -0.4 is 14.8 Å². The van der Waals surface area contributed by atoms with Crippen LogP contribution in [0.3, 0.4) is 0 Å². The van der Waals surface area contributed by atoms with Gasteiger partial charge in [-0.3, -0.25) is 4.90 Å². The van der Waals surface area contributed by atoms with E-state index in [1.807, 2.05) is 12.1 Å². The minimum Gasteiger partial charge on any atom is -0.459 e. The zero-order valence-electron chi connectivity index (χ0n) is 37.9. The number of hydrogen-bond acceptors (Lipinski definition) is 12. The Hall–Kier alpha value is -3.69. The van der Waals surface area contributed by atoms with Gasteiger partial charge in [0.05, 0.1) is 44.7 Å². The number of oxime groups is 1. The molecule has 6 atom stereocenters. The van der Waals surface area contributed by atoms with Gasteiger partial charge in [0.15, 0.2) is 0 Å². The van der Waals surface area contributed by atoms with Crippen molar-refractivity contribution >= 4 is 17.9 Å². The summed E-state index contributed by atoms with van der Waals surface area (Å²) in [5, 5.41) is 36.7. The van der Waals surface area contributed by atoms with Gasteiger partial charge in [0.25, 0.3) is 0 Å². The number of aliphatic hydroxyl groups excluding tert-OH is 3. The summed E-state index contributed by atoms with van der Waals surface area (Å²) in [6.07, 6.45) is 19.5. The molecule has 3 aliphatic rings. The summed E-state index contributed by atoms with van der Waals surface area (Å²) in [5.41, 5.74) is 2.37. The van der Waals surface area contributed by atoms with E-state index in [0.29, 0.717) is 36.6 Å². The monoisotopic (exact) mass is 872 g/mol. The number of ether oxygens (including phenoxy) is 5. The maximum atomic E-state index is 14.0. The zero-order chi connectivity index (χ0) is 44.6. The summed E-state index contributed by atoms with van der Waals surface area (Å²) in [7, 11) is 1.50. The maximum Gasteiger partial charge on any atom is 0.412 e.